The van der Waals surface area contributed by atoms with Crippen molar-refractivity contribution in [2.75, 3.05) is 5.32 Å². The fourth-order valence-corrected chi connectivity index (χ4v) is 5.76. The van der Waals surface area contributed by atoms with Crippen LogP contribution >= 0.6 is 22.9 Å². The van der Waals surface area contributed by atoms with E-state index in [0.717, 1.165) is 11.3 Å². The van der Waals surface area contributed by atoms with Gasteiger partial charge in [0.25, 0.3) is 5.91 Å². The summed E-state index contributed by atoms with van der Waals surface area (Å²) in [6, 6.07) is 7.16. The predicted octanol–water partition coefficient (Wildman–Crippen LogP) is 3.36. The second-order valence-corrected chi connectivity index (χ2v) is 10.8. The van der Waals surface area contributed by atoms with Crippen molar-refractivity contribution in [3.05, 3.63) is 46.3 Å². The Labute approximate surface area is 190 Å². The van der Waals surface area contributed by atoms with Crippen molar-refractivity contribution in [2.24, 2.45) is 16.0 Å². The van der Waals surface area contributed by atoms with Crippen LogP contribution in [-0.2, 0) is 30.7 Å². The minimum Gasteiger partial charge on any atom is -0.326 e. The summed E-state index contributed by atoms with van der Waals surface area (Å²) in [5, 5.41) is 4.49. The van der Waals surface area contributed by atoms with Crippen LogP contribution in [0, 0.1) is 5.92 Å². The molecule has 3 amide bonds. The first-order valence-electron chi connectivity index (χ1n) is 9.46. The first kappa shape index (κ1) is 25.0. The molecule has 0 aliphatic heterocycles. The van der Waals surface area contributed by atoms with Gasteiger partial charge in [-0.1, -0.05) is 37.6 Å². The molecule has 0 spiro atoms. The van der Waals surface area contributed by atoms with E-state index in [0.29, 0.717) is 22.7 Å². The molecule has 31 heavy (non-hydrogen) atoms. The summed E-state index contributed by atoms with van der Waals surface area (Å²) in [4.78, 5) is 36.4. The van der Waals surface area contributed by atoms with Crippen molar-refractivity contribution in [3.8, 4) is 0 Å². The zero-order valence-corrected chi connectivity index (χ0v) is 19.8. The molecule has 0 saturated carbocycles. The topological polar surface area (TPSA) is 131 Å². The zero-order valence-electron chi connectivity index (χ0n) is 17.4. The molecule has 1 aromatic carbocycles. The van der Waals surface area contributed by atoms with Gasteiger partial charge in [0.1, 0.15) is 4.21 Å². The minimum absolute atomic E-state index is 0.134. The summed E-state index contributed by atoms with van der Waals surface area (Å²) in [5.41, 5.74) is 6.99. The maximum Gasteiger partial charge on any atom is 0.272 e. The van der Waals surface area contributed by atoms with Gasteiger partial charge in [0.05, 0.1) is 17.5 Å². The highest BCUT2D eigenvalue weighted by molar-refractivity contribution is 7.94. The summed E-state index contributed by atoms with van der Waals surface area (Å²) in [6.07, 6.45) is 0.234. The van der Waals surface area contributed by atoms with E-state index in [4.69, 9.17) is 17.3 Å². The normalized spacial score (nSPS) is 13.9. The van der Waals surface area contributed by atoms with E-state index in [1.165, 1.54) is 18.4 Å². The fraction of sp³-hybridized carbons (Fsp3) is 0.350. The molecule has 11 heteroatoms. The highest BCUT2D eigenvalue weighted by Gasteiger charge is 2.23. The van der Waals surface area contributed by atoms with Crippen LogP contribution in [0.3, 0.4) is 0 Å². The monoisotopic (exact) mass is 484 g/mol. The van der Waals surface area contributed by atoms with Gasteiger partial charge in [0.2, 0.25) is 11.8 Å². The second kappa shape index (κ2) is 10.9. The van der Waals surface area contributed by atoms with E-state index in [1.54, 1.807) is 24.3 Å². The molecule has 2 aromatic rings. The van der Waals surface area contributed by atoms with Gasteiger partial charge in [-0.2, -0.15) is 0 Å². The zero-order chi connectivity index (χ0) is 23.2. The van der Waals surface area contributed by atoms with Crippen LogP contribution in [0.5, 0.6) is 0 Å². The van der Waals surface area contributed by atoms with Crippen LogP contribution in [0.25, 0.3) is 0 Å². The maximum absolute atomic E-state index is 13.5. The third-order valence-electron chi connectivity index (χ3n) is 3.94. The number of thiophene rings is 1. The Balaban J connectivity index is 2.29. The lowest BCUT2D eigenvalue weighted by Crippen LogP contribution is -2.35. The Bertz CT molecular complexity index is 1090. The highest BCUT2D eigenvalue weighted by atomic mass is 35.5. The fourth-order valence-electron chi connectivity index (χ4n) is 2.70. The number of nitrogens with one attached hydrogen (secondary N) is 2. The Kier molecular flexibility index (Phi) is 8.75. The number of nitrogens with zero attached hydrogens (tertiary/aromatic N) is 1. The van der Waals surface area contributed by atoms with E-state index in [2.05, 4.69) is 14.4 Å². The van der Waals surface area contributed by atoms with Gasteiger partial charge in [-0.3, -0.25) is 19.1 Å². The summed E-state index contributed by atoms with van der Waals surface area (Å²) in [7, 11) is -3.62. The lowest BCUT2D eigenvalue weighted by molar-refractivity contribution is -0.119. The maximum atomic E-state index is 13.5. The molecule has 4 N–H and O–H groups in total. The molecule has 168 valence electrons. The van der Waals surface area contributed by atoms with Crippen molar-refractivity contribution >= 4 is 56.3 Å². The van der Waals surface area contributed by atoms with Crippen LogP contribution in [-0.4, -0.2) is 28.0 Å². The van der Waals surface area contributed by atoms with Crippen LogP contribution in [0.15, 0.2) is 44.3 Å². The lowest BCUT2D eigenvalue weighted by Gasteiger charge is -2.14. The van der Waals surface area contributed by atoms with Crippen LogP contribution in [0.2, 0.25) is 5.02 Å². The van der Waals surface area contributed by atoms with Crippen molar-refractivity contribution < 1.29 is 18.6 Å². The number of anilines is 1. The molecular weight excluding hydrogens is 460 g/mol. The molecule has 1 unspecified atom stereocenters. The molecule has 0 saturated heterocycles. The predicted molar refractivity (Wildman–Crippen MR) is 123 cm³/mol. The first-order chi connectivity index (χ1) is 14.5. The van der Waals surface area contributed by atoms with E-state index >= 15 is 0 Å². The van der Waals surface area contributed by atoms with Crippen molar-refractivity contribution in [3.63, 3.8) is 0 Å². The first-order valence-corrected chi connectivity index (χ1v) is 12.2. The van der Waals surface area contributed by atoms with E-state index in [9.17, 15) is 18.6 Å². The smallest absolute Gasteiger partial charge is 0.272 e. The van der Waals surface area contributed by atoms with Crippen molar-refractivity contribution in [2.45, 2.75) is 43.9 Å². The van der Waals surface area contributed by atoms with Gasteiger partial charge in [0, 0.05) is 18.0 Å². The van der Waals surface area contributed by atoms with Gasteiger partial charge >= 0.3 is 0 Å². The average Bonchev–Trinajstić information content (AvgIpc) is 3.07. The number of halogens is 1. The van der Waals surface area contributed by atoms with E-state index < -0.39 is 27.8 Å². The number of rotatable bonds is 8. The van der Waals surface area contributed by atoms with Crippen molar-refractivity contribution in [1.29, 1.82) is 0 Å². The number of amides is 3. The number of benzene rings is 1. The van der Waals surface area contributed by atoms with Crippen LogP contribution < -0.4 is 15.8 Å². The Hall–Kier alpha value is -2.27. The summed E-state index contributed by atoms with van der Waals surface area (Å²) in [5.74, 6) is -1.46. The van der Waals surface area contributed by atoms with Gasteiger partial charge < -0.3 is 11.1 Å². The summed E-state index contributed by atoms with van der Waals surface area (Å²) < 4.78 is 19.9. The largest absolute Gasteiger partial charge is 0.326 e. The standard InChI is InChI=1S/C20H25ClN4O4S2/c1-12(2)7-17(22)20(28)25-31(29,19-10-15(21)11-30-19)24-18(27)9-14-5-4-6-16(8-14)23-13(3)26/h4-6,8,10-12,17H,7,9,22H2,1-3H3,(H,23,26)(H,24,25,27,28,29)/t17-,31?/m0/s1. The number of nitrogens with two attached hydrogens (primary N) is 1. The third kappa shape index (κ3) is 7.73. The van der Waals surface area contributed by atoms with Gasteiger partial charge in [-0.05, 0) is 36.1 Å². The summed E-state index contributed by atoms with van der Waals surface area (Å²) >= 11 is 6.97. The van der Waals surface area contributed by atoms with E-state index in [1.807, 2.05) is 13.8 Å². The molecule has 2 atom stereocenters. The molecule has 0 bridgehead atoms. The molecule has 1 aromatic heterocycles. The molecule has 0 fully saturated rings. The number of carbonyl (C=O) groups is 3. The molecule has 0 radical (unpaired) electrons. The van der Waals surface area contributed by atoms with Gasteiger partial charge in [-0.25, -0.2) is 4.21 Å². The number of hydrogen-bond donors (Lipinski definition) is 3. The Morgan fingerprint density at radius 1 is 1.26 bits per heavy atom. The summed E-state index contributed by atoms with van der Waals surface area (Å²) in [6.45, 7) is 5.18. The second-order valence-electron chi connectivity index (χ2n) is 7.36. The molecule has 0 aliphatic carbocycles. The van der Waals surface area contributed by atoms with E-state index in [-0.39, 0.29) is 22.5 Å². The van der Waals surface area contributed by atoms with Gasteiger partial charge in [-0.15, -0.1) is 15.7 Å². The quantitative estimate of drug-likeness (QED) is 0.528. The van der Waals surface area contributed by atoms with Crippen LogP contribution in [0.1, 0.15) is 32.8 Å². The minimum atomic E-state index is -3.62. The molecule has 1 heterocycles. The Morgan fingerprint density at radius 2 is 1.97 bits per heavy atom. The molecular formula is C20H25ClN4O4S2. The SMILES string of the molecule is CC(=O)Nc1cccc(CC(=O)NS(=O)(=NC(=O)[C@@H](N)CC(C)C)c2cc(Cl)cs2)c1. The average molecular weight is 485 g/mol. The molecule has 8 nitrogen and oxygen atoms in total. The van der Waals surface area contributed by atoms with Crippen molar-refractivity contribution in [1.82, 2.24) is 4.72 Å². The molecule has 2 rings (SSSR count). The third-order valence-corrected chi connectivity index (χ3v) is 7.58. The molecule has 0 aliphatic rings. The number of carbonyl (C=O) groups excluding carboxylic acids is 3. The van der Waals surface area contributed by atoms with Gasteiger partial charge in [0.15, 0.2) is 9.92 Å². The van der Waals surface area contributed by atoms with Crippen LogP contribution in [0.4, 0.5) is 5.69 Å². The number of hydrogen-bond acceptors (Lipinski definition) is 6. The lowest BCUT2D eigenvalue weighted by atomic mass is 10.0. The Morgan fingerprint density at radius 3 is 2.55 bits per heavy atom. The highest BCUT2D eigenvalue weighted by Crippen LogP contribution is 2.25.